The normalized spacial score (nSPS) is 13.6. The number of fused-ring (bicyclic) bond motifs is 2. The molecule has 7 nitrogen and oxygen atoms in total. The van der Waals surface area contributed by atoms with Gasteiger partial charge in [0.05, 0.1) is 25.5 Å². The minimum absolute atomic E-state index is 0.156. The Morgan fingerprint density at radius 1 is 1.24 bits per heavy atom. The van der Waals surface area contributed by atoms with Crippen LogP contribution in [-0.4, -0.2) is 27.8 Å². The van der Waals surface area contributed by atoms with Crippen LogP contribution in [0.4, 0.5) is 5.69 Å². The highest BCUT2D eigenvalue weighted by Gasteiger charge is 2.11. The fraction of sp³-hybridized carbons (Fsp3) is 0.353. The molecule has 1 aliphatic heterocycles. The van der Waals surface area contributed by atoms with Crippen LogP contribution in [0.5, 0.6) is 11.5 Å². The van der Waals surface area contributed by atoms with Gasteiger partial charge >= 0.3 is 0 Å². The quantitative estimate of drug-likeness (QED) is 0.772. The number of aryl methyl sites for hydroxylation is 1. The van der Waals surface area contributed by atoms with Crippen LogP contribution in [0.3, 0.4) is 0 Å². The maximum Gasteiger partial charge on any atom is 0.275 e. The molecule has 0 fully saturated rings. The maximum absolute atomic E-state index is 12.2. The van der Waals surface area contributed by atoms with Crippen LogP contribution in [0.1, 0.15) is 24.0 Å². The van der Waals surface area contributed by atoms with Gasteiger partial charge in [0.1, 0.15) is 5.01 Å². The first-order valence-corrected chi connectivity index (χ1v) is 9.07. The molecule has 0 spiro atoms. The van der Waals surface area contributed by atoms with Gasteiger partial charge in [-0.1, -0.05) is 18.3 Å². The lowest BCUT2D eigenvalue weighted by atomic mass is 10.2. The third kappa shape index (κ3) is 3.30. The van der Waals surface area contributed by atoms with Gasteiger partial charge in [-0.2, -0.15) is 9.61 Å². The summed E-state index contributed by atoms with van der Waals surface area (Å²) in [6.45, 7) is 3.78. The van der Waals surface area contributed by atoms with Crippen LogP contribution in [0, 0.1) is 0 Å². The van der Waals surface area contributed by atoms with Crippen molar-refractivity contribution in [2.45, 2.75) is 26.3 Å². The smallest absolute Gasteiger partial charge is 0.275 e. The van der Waals surface area contributed by atoms with E-state index in [2.05, 4.69) is 15.4 Å². The van der Waals surface area contributed by atoms with Crippen LogP contribution in [-0.2, 0) is 13.0 Å². The molecular weight excluding hydrogens is 340 g/mol. The first kappa shape index (κ1) is 15.9. The zero-order valence-electron chi connectivity index (χ0n) is 13.8. The number of ether oxygens (including phenoxy) is 2. The molecule has 130 valence electrons. The van der Waals surface area contributed by atoms with E-state index < -0.39 is 0 Å². The molecule has 1 N–H and O–H groups in total. The van der Waals surface area contributed by atoms with Crippen molar-refractivity contribution >= 4 is 22.0 Å². The molecule has 8 heteroatoms. The van der Waals surface area contributed by atoms with Gasteiger partial charge in [0, 0.05) is 24.2 Å². The van der Waals surface area contributed by atoms with E-state index in [1.165, 1.54) is 21.9 Å². The minimum Gasteiger partial charge on any atom is -0.490 e. The number of rotatable bonds is 4. The zero-order chi connectivity index (χ0) is 17.2. The molecule has 0 saturated carbocycles. The molecule has 0 unspecified atom stereocenters. The first-order chi connectivity index (χ1) is 12.2. The van der Waals surface area contributed by atoms with E-state index in [1.54, 1.807) is 0 Å². The average Bonchev–Trinajstić information content (AvgIpc) is 2.90. The Labute approximate surface area is 148 Å². The van der Waals surface area contributed by atoms with Gasteiger partial charge in [0.2, 0.25) is 4.96 Å². The Hall–Kier alpha value is -2.61. The molecular formula is C17H18N4O3S. The number of nitrogens with zero attached hydrogens (tertiary/aromatic N) is 3. The summed E-state index contributed by atoms with van der Waals surface area (Å²) < 4.78 is 12.7. The third-order valence-electron chi connectivity index (χ3n) is 3.86. The predicted octanol–water partition coefficient (Wildman–Crippen LogP) is 2.49. The summed E-state index contributed by atoms with van der Waals surface area (Å²) in [6.07, 6.45) is 1.66. The molecule has 0 saturated heterocycles. The second-order valence-electron chi connectivity index (χ2n) is 5.69. The summed E-state index contributed by atoms with van der Waals surface area (Å²) in [5.74, 6) is 1.50. The average molecular weight is 358 g/mol. The van der Waals surface area contributed by atoms with E-state index in [0.29, 0.717) is 30.4 Å². The van der Waals surface area contributed by atoms with E-state index >= 15 is 0 Å². The molecule has 25 heavy (non-hydrogen) atoms. The monoisotopic (exact) mass is 358 g/mol. The van der Waals surface area contributed by atoms with Crippen molar-refractivity contribution in [3.8, 4) is 11.5 Å². The van der Waals surface area contributed by atoms with E-state index in [-0.39, 0.29) is 5.56 Å². The van der Waals surface area contributed by atoms with Crippen molar-refractivity contribution < 1.29 is 9.47 Å². The molecule has 1 aromatic carbocycles. The second-order valence-corrected chi connectivity index (χ2v) is 6.74. The van der Waals surface area contributed by atoms with Gasteiger partial charge in [-0.05, 0) is 18.6 Å². The Morgan fingerprint density at radius 3 is 2.92 bits per heavy atom. The minimum atomic E-state index is -0.156. The summed E-state index contributed by atoms with van der Waals surface area (Å²) in [7, 11) is 0. The Bertz CT molecular complexity index is 966. The Kier molecular flexibility index (Phi) is 4.27. The predicted molar refractivity (Wildman–Crippen MR) is 95.9 cm³/mol. The SMILES string of the molecule is CCc1nn2c(=O)cc(CNc3ccc4c(c3)OCCCO4)nc2s1. The summed E-state index contributed by atoms with van der Waals surface area (Å²) in [5.41, 5.74) is 1.42. The van der Waals surface area contributed by atoms with Crippen LogP contribution >= 0.6 is 11.3 Å². The lowest BCUT2D eigenvalue weighted by molar-refractivity contribution is 0.297. The van der Waals surface area contributed by atoms with Crippen molar-refractivity contribution in [3.05, 3.63) is 45.3 Å². The summed E-state index contributed by atoms with van der Waals surface area (Å²) in [4.78, 5) is 17.3. The Balaban J connectivity index is 1.54. The third-order valence-corrected chi connectivity index (χ3v) is 4.92. The van der Waals surface area contributed by atoms with E-state index in [4.69, 9.17) is 9.47 Å². The highest BCUT2D eigenvalue weighted by Crippen LogP contribution is 2.32. The number of nitrogens with one attached hydrogen (secondary N) is 1. The Morgan fingerprint density at radius 2 is 2.08 bits per heavy atom. The van der Waals surface area contributed by atoms with Crippen molar-refractivity contribution in [1.29, 1.82) is 0 Å². The lowest BCUT2D eigenvalue weighted by Crippen LogP contribution is -2.16. The van der Waals surface area contributed by atoms with Gasteiger partial charge in [-0.25, -0.2) is 4.98 Å². The van der Waals surface area contributed by atoms with Crippen LogP contribution in [0.15, 0.2) is 29.1 Å². The van der Waals surface area contributed by atoms with Crippen LogP contribution < -0.4 is 20.3 Å². The van der Waals surface area contributed by atoms with Crippen LogP contribution in [0.25, 0.3) is 4.96 Å². The van der Waals surface area contributed by atoms with Gasteiger partial charge in [0.15, 0.2) is 11.5 Å². The summed E-state index contributed by atoms with van der Waals surface area (Å²) >= 11 is 1.44. The van der Waals surface area contributed by atoms with Crippen molar-refractivity contribution in [2.75, 3.05) is 18.5 Å². The summed E-state index contributed by atoms with van der Waals surface area (Å²) in [6, 6.07) is 7.25. The number of anilines is 1. The van der Waals surface area contributed by atoms with Crippen molar-refractivity contribution in [3.63, 3.8) is 0 Å². The lowest BCUT2D eigenvalue weighted by Gasteiger charge is -2.10. The van der Waals surface area contributed by atoms with Gasteiger partial charge in [-0.15, -0.1) is 0 Å². The van der Waals surface area contributed by atoms with E-state index in [1.807, 2.05) is 25.1 Å². The largest absolute Gasteiger partial charge is 0.490 e. The molecule has 0 amide bonds. The number of benzene rings is 1. The standard InChI is InChI=1S/C17H18N4O3S/c1-2-15-20-21-16(22)9-12(19-17(21)25-15)10-18-11-4-5-13-14(8-11)24-7-3-6-23-13/h4-5,8-9,18H,2-3,6-7,10H2,1H3. The van der Waals surface area contributed by atoms with Gasteiger partial charge in [-0.3, -0.25) is 4.79 Å². The van der Waals surface area contributed by atoms with Gasteiger partial charge < -0.3 is 14.8 Å². The van der Waals surface area contributed by atoms with Crippen molar-refractivity contribution in [2.24, 2.45) is 0 Å². The molecule has 4 rings (SSSR count). The summed E-state index contributed by atoms with van der Waals surface area (Å²) in [5, 5.41) is 8.44. The fourth-order valence-corrected chi connectivity index (χ4v) is 3.45. The maximum atomic E-state index is 12.2. The first-order valence-electron chi connectivity index (χ1n) is 8.25. The fourth-order valence-electron chi connectivity index (χ4n) is 2.60. The number of hydrogen-bond donors (Lipinski definition) is 1. The molecule has 0 bridgehead atoms. The van der Waals surface area contributed by atoms with Crippen LogP contribution in [0.2, 0.25) is 0 Å². The van der Waals surface area contributed by atoms with E-state index in [0.717, 1.165) is 35.0 Å². The second kappa shape index (κ2) is 6.72. The number of aromatic nitrogens is 3. The highest BCUT2D eigenvalue weighted by molar-refractivity contribution is 7.16. The van der Waals surface area contributed by atoms with E-state index in [9.17, 15) is 4.79 Å². The van der Waals surface area contributed by atoms with Crippen molar-refractivity contribution in [1.82, 2.24) is 14.6 Å². The highest BCUT2D eigenvalue weighted by atomic mass is 32.1. The molecule has 0 atom stereocenters. The zero-order valence-corrected chi connectivity index (χ0v) is 14.6. The molecule has 0 aliphatic carbocycles. The topological polar surface area (TPSA) is 77.8 Å². The molecule has 1 aliphatic rings. The molecule has 2 aromatic heterocycles. The van der Waals surface area contributed by atoms with Gasteiger partial charge in [0.25, 0.3) is 5.56 Å². The number of hydrogen-bond acceptors (Lipinski definition) is 7. The molecule has 0 radical (unpaired) electrons. The molecule has 3 heterocycles. The molecule has 3 aromatic rings.